The van der Waals surface area contributed by atoms with Gasteiger partial charge in [-0.1, -0.05) is 19.9 Å². The van der Waals surface area contributed by atoms with E-state index >= 15 is 0 Å². The highest BCUT2D eigenvalue weighted by Gasteiger charge is 2.23. The number of rotatable bonds is 6. The van der Waals surface area contributed by atoms with Gasteiger partial charge < -0.3 is 15.3 Å². The van der Waals surface area contributed by atoms with Crippen LogP contribution in [0.1, 0.15) is 38.7 Å². The molecule has 0 aliphatic carbocycles. The predicted molar refractivity (Wildman–Crippen MR) is 92.8 cm³/mol. The Morgan fingerprint density at radius 1 is 1.38 bits per heavy atom. The van der Waals surface area contributed by atoms with Crippen LogP contribution in [0.4, 0.5) is 5.69 Å². The van der Waals surface area contributed by atoms with Gasteiger partial charge in [-0.05, 0) is 65.4 Å². The number of hydrogen-bond acceptors (Lipinski definition) is 3. The van der Waals surface area contributed by atoms with Crippen molar-refractivity contribution in [1.82, 2.24) is 5.32 Å². The summed E-state index contributed by atoms with van der Waals surface area (Å²) in [5.41, 5.74) is 2.50. The minimum absolute atomic E-state index is 0.240. The van der Waals surface area contributed by atoms with Crippen molar-refractivity contribution in [3.8, 4) is 0 Å². The molecule has 2 N–H and O–H groups in total. The molecule has 4 heteroatoms. The topological polar surface area (TPSA) is 35.5 Å². The number of benzene rings is 1. The van der Waals surface area contributed by atoms with Crippen LogP contribution in [-0.2, 0) is 6.54 Å². The van der Waals surface area contributed by atoms with E-state index in [1.165, 1.54) is 24.1 Å². The maximum absolute atomic E-state index is 9.57. The largest absolute Gasteiger partial charge is 0.394 e. The van der Waals surface area contributed by atoms with Crippen molar-refractivity contribution in [3.05, 3.63) is 28.2 Å². The maximum Gasteiger partial charge on any atom is 0.0635 e. The third-order valence-corrected chi connectivity index (χ3v) is 4.68. The average molecular weight is 355 g/mol. The van der Waals surface area contributed by atoms with Crippen molar-refractivity contribution in [2.45, 2.75) is 45.7 Å². The Kier molecular flexibility index (Phi) is 6.52. The molecule has 1 aromatic carbocycles. The molecule has 0 radical (unpaired) electrons. The second kappa shape index (κ2) is 8.16. The normalized spacial score (nSPS) is 19.3. The van der Waals surface area contributed by atoms with Gasteiger partial charge in [-0.3, -0.25) is 0 Å². The molecular formula is C17H27BrN2O. The number of anilines is 1. The molecule has 1 fully saturated rings. The van der Waals surface area contributed by atoms with E-state index in [4.69, 9.17) is 0 Å². The summed E-state index contributed by atoms with van der Waals surface area (Å²) in [6.07, 6.45) is 3.51. The van der Waals surface area contributed by atoms with Gasteiger partial charge in [0.1, 0.15) is 0 Å². The summed E-state index contributed by atoms with van der Waals surface area (Å²) in [5, 5.41) is 13.0. The Bertz CT molecular complexity index is 450. The van der Waals surface area contributed by atoms with E-state index in [0.717, 1.165) is 30.5 Å². The quantitative estimate of drug-likeness (QED) is 0.819. The molecule has 21 heavy (non-hydrogen) atoms. The van der Waals surface area contributed by atoms with Crippen LogP contribution < -0.4 is 10.2 Å². The highest BCUT2D eigenvalue weighted by atomic mass is 79.9. The molecule has 1 heterocycles. The molecule has 1 aromatic rings. The molecule has 0 aromatic heterocycles. The summed E-state index contributed by atoms with van der Waals surface area (Å²) >= 11 is 3.71. The van der Waals surface area contributed by atoms with E-state index in [9.17, 15) is 5.11 Å². The van der Waals surface area contributed by atoms with Gasteiger partial charge >= 0.3 is 0 Å². The maximum atomic E-state index is 9.57. The minimum Gasteiger partial charge on any atom is -0.394 e. The summed E-state index contributed by atoms with van der Waals surface area (Å²) in [5.74, 6) is 0.673. The zero-order valence-corrected chi connectivity index (χ0v) is 14.7. The van der Waals surface area contributed by atoms with Crippen molar-refractivity contribution in [3.63, 3.8) is 0 Å². The predicted octanol–water partition coefficient (Wildman–Crippen LogP) is 3.55. The lowest BCUT2D eigenvalue weighted by Crippen LogP contribution is -2.42. The summed E-state index contributed by atoms with van der Waals surface area (Å²) < 4.78 is 1.13. The molecule has 1 aliphatic heterocycles. The SMILES string of the molecule is CC(C)CNCc1ccc(N2CCCCC2CO)c(Br)c1. The molecule has 3 nitrogen and oxygen atoms in total. The first-order chi connectivity index (χ1) is 10.1. The number of nitrogens with zero attached hydrogens (tertiary/aromatic N) is 1. The number of hydrogen-bond donors (Lipinski definition) is 2. The van der Waals surface area contributed by atoms with Crippen LogP contribution >= 0.6 is 15.9 Å². The van der Waals surface area contributed by atoms with Crippen LogP contribution in [0.15, 0.2) is 22.7 Å². The molecule has 0 amide bonds. The Morgan fingerprint density at radius 3 is 2.86 bits per heavy atom. The highest BCUT2D eigenvalue weighted by Crippen LogP contribution is 2.32. The molecule has 1 unspecified atom stereocenters. The zero-order valence-electron chi connectivity index (χ0n) is 13.1. The van der Waals surface area contributed by atoms with Crippen LogP contribution in [-0.4, -0.2) is 30.8 Å². The van der Waals surface area contributed by atoms with E-state index in [1.807, 2.05) is 0 Å². The van der Waals surface area contributed by atoms with Crippen molar-refractivity contribution in [2.75, 3.05) is 24.6 Å². The van der Waals surface area contributed by atoms with Crippen LogP contribution in [0, 0.1) is 5.92 Å². The van der Waals surface area contributed by atoms with Crippen molar-refractivity contribution >= 4 is 21.6 Å². The molecular weight excluding hydrogens is 328 g/mol. The first kappa shape index (κ1) is 16.8. The van der Waals surface area contributed by atoms with Gasteiger partial charge in [-0.15, -0.1) is 0 Å². The van der Waals surface area contributed by atoms with E-state index < -0.39 is 0 Å². The lowest BCUT2D eigenvalue weighted by atomic mass is 10.0. The lowest BCUT2D eigenvalue weighted by Gasteiger charge is -2.37. The number of aliphatic hydroxyl groups is 1. The third kappa shape index (κ3) is 4.70. The van der Waals surface area contributed by atoms with Gasteiger partial charge in [0.05, 0.1) is 18.3 Å². The van der Waals surface area contributed by atoms with Gasteiger partial charge in [0, 0.05) is 17.6 Å². The standard InChI is InChI=1S/C17H27BrN2O/c1-13(2)10-19-11-14-6-7-17(16(18)9-14)20-8-4-3-5-15(20)12-21/h6-7,9,13,15,19,21H,3-5,8,10-12H2,1-2H3. The average Bonchev–Trinajstić information content (AvgIpc) is 2.47. The van der Waals surface area contributed by atoms with Gasteiger partial charge in [-0.25, -0.2) is 0 Å². The Morgan fingerprint density at radius 2 is 2.19 bits per heavy atom. The first-order valence-corrected chi connectivity index (χ1v) is 8.77. The molecule has 0 saturated carbocycles. The number of halogens is 1. The zero-order chi connectivity index (χ0) is 15.2. The molecule has 1 aliphatic rings. The fraction of sp³-hybridized carbons (Fsp3) is 0.647. The lowest BCUT2D eigenvalue weighted by molar-refractivity contribution is 0.240. The summed E-state index contributed by atoms with van der Waals surface area (Å²) in [6, 6.07) is 6.84. The second-order valence-corrected chi connectivity index (χ2v) is 7.19. The molecule has 2 rings (SSSR count). The molecule has 118 valence electrons. The molecule has 1 saturated heterocycles. The van der Waals surface area contributed by atoms with Gasteiger partial charge in [0.25, 0.3) is 0 Å². The second-order valence-electron chi connectivity index (χ2n) is 6.34. The van der Waals surface area contributed by atoms with Crippen molar-refractivity contribution in [2.24, 2.45) is 5.92 Å². The van der Waals surface area contributed by atoms with Crippen molar-refractivity contribution < 1.29 is 5.11 Å². The third-order valence-electron chi connectivity index (χ3n) is 4.04. The summed E-state index contributed by atoms with van der Waals surface area (Å²) in [4.78, 5) is 2.35. The van der Waals surface area contributed by atoms with Crippen LogP contribution in [0.2, 0.25) is 0 Å². The smallest absolute Gasteiger partial charge is 0.0635 e. The van der Waals surface area contributed by atoms with Gasteiger partial charge in [-0.2, -0.15) is 0 Å². The van der Waals surface area contributed by atoms with Gasteiger partial charge in [0.2, 0.25) is 0 Å². The molecule has 1 atom stereocenters. The van der Waals surface area contributed by atoms with Crippen molar-refractivity contribution in [1.29, 1.82) is 0 Å². The van der Waals surface area contributed by atoms with Gasteiger partial charge in [0.15, 0.2) is 0 Å². The van der Waals surface area contributed by atoms with Crippen LogP contribution in [0.25, 0.3) is 0 Å². The van der Waals surface area contributed by atoms with E-state index in [1.54, 1.807) is 0 Å². The highest BCUT2D eigenvalue weighted by molar-refractivity contribution is 9.10. The molecule has 0 spiro atoms. The van der Waals surface area contributed by atoms with Crippen LogP contribution in [0.5, 0.6) is 0 Å². The Hall–Kier alpha value is -0.580. The van der Waals surface area contributed by atoms with E-state index in [2.05, 4.69) is 58.2 Å². The number of aliphatic hydroxyl groups excluding tert-OH is 1. The van der Waals surface area contributed by atoms with E-state index in [-0.39, 0.29) is 12.6 Å². The minimum atomic E-state index is 0.240. The fourth-order valence-corrected chi connectivity index (χ4v) is 3.56. The Labute approximate surface area is 136 Å². The summed E-state index contributed by atoms with van der Waals surface area (Å²) in [6.45, 7) is 7.66. The number of piperidine rings is 1. The van der Waals surface area contributed by atoms with Crippen LogP contribution in [0.3, 0.4) is 0 Å². The van der Waals surface area contributed by atoms with E-state index in [0.29, 0.717) is 5.92 Å². The first-order valence-electron chi connectivity index (χ1n) is 7.98. The fourth-order valence-electron chi connectivity index (χ4n) is 2.91. The summed E-state index contributed by atoms with van der Waals surface area (Å²) in [7, 11) is 0. The Balaban J connectivity index is 2.04. The monoisotopic (exact) mass is 354 g/mol. The number of nitrogens with one attached hydrogen (secondary N) is 1. The molecule has 0 bridgehead atoms.